The zero-order valence-corrected chi connectivity index (χ0v) is 16.5. The average molecular weight is 395 g/mol. The zero-order chi connectivity index (χ0) is 20.8. The summed E-state index contributed by atoms with van der Waals surface area (Å²) < 4.78 is 5.64. The van der Waals surface area contributed by atoms with Gasteiger partial charge in [0.05, 0.1) is 6.54 Å². The Morgan fingerprint density at radius 1 is 1.14 bits per heavy atom. The minimum Gasteiger partial charge on any atom is -0.492 e. The molecule has 0 bridgehead atoms. The fourth-order valence-corrected chi connectivity index (χ4v) is 3.28. The van der Waals surface area contributed by atoms with E-state index < -0.39 is 18.0 Å². The Labute approximate surface area is 169 Å². The summed E-state index contributed by atoms with van der Waals surface area (Å²) >= 11 is 0. The second-order valence-corrected chi connectivity index (χ2v) is 7.03. The summed E-state index contributed by atoms with van der Waals surface area (Å²) in [6.07, 6.45) is 1.96. The van der Waals surface area contributed by atoms with Gasteiger partial charge in [-0.1, -0.05) is 24.3 Å². The molecule has 29 heavy (non-hydrogen) atoms. The number of carbonyl (C=O) groups excluding carboxylic acids is 1. The maximum absolute atomic E-state index is 12.1. The van der Waals surface area contributed by atoms with Gasteiger partial charge >= 0.3 is 12.0 Å². The van der Waals surface area contributed by atoms with Crippen LogP contribution in [0.4, 0.5) is 4.79 Å². The number of rotatable bonds is 8. The molecule has 0 aliphatic heterocycles. The molecule has 0 radical (unpaired) electrons. The summed E-state index contributed by atoms with van der Waals surface area (Å²) in [5, 5.41) is 15.6. The number of hydrogen-bond acceptors (Lipinski definition) is 3. The van der Waals surface area contributed by atoms with Crippen molar-refractivity contribution in [3.8, 4) is 5.75 Å². The Bertz CT molecular complexity index is 992. The lowest BCUT2D eigenvalue weighted by Crippen LogP contribution is -2.47. The molecule has 1 unspecified atom stereocenters. The van der Waals surface area contributed by atoms with Crippen molar-refractivity contribution in [3.05, 3.63) is 65.4 Å². The Kier molecular flexibility index (Phi) is 6.39. The van der Waals surface area contributed by atoms with Gasteiger partial charge in [0.25, 0.3) is 0 Å². The molecule has 2 amide bonds. The number of amides is 2. The minimum absolute atomic E-state index is 0.186. The molecule has 7 nitrogen and oxygen atoms in total. The third kappa shape index (κ3) is 5.51. The van der Waals surface area contributed by atoms with Crippen LogP contribution in [0.25, 0.3) is 10.9 Å². The zero-order valence-electron chi connectivity index (χ0n) is 16.5. The molecule has 0 saturated carbocycles. The van der Waals surface area contributed by atoms with E-state index >= 15 is 0 Å². The molecule has 2 aromatic carbocycles. The van der Waals surface area contributed by atoms with Crippen LogP contribution in [-0.4, -0.2) is 41.3 Å². The van der Waals surface area contributed by atoms with Crippen molar-refractivity contribution in [1.82, 2.24) is 15.6 Å². The van der Waals surface area contributed by atoms with Crippen LogP contribution in [-0.2, 0) is 11.2 Å². The number of carboxylic acids is 1. The SMILES string of the molecule is Cc1cc(C)cc(OCCNC(=O)NC(Cc2c[nH]c3ccccc23)C(=O)O)c1. The molecule has 0 aliphatic carbocycles. The number of carbonyl (C=O) groups is 2. The molecular formula is C22H25N3O4. The molecule has 1 atom stereocenters. The molecule has 1 aromatic heterocycles. The van der Waals surface area contributed by atoms with Gasteiger partial charge in [0.1, 0.15) is 18.4 Å². The van der Waals surface area contributed by atoms with Gasteiger partial charge in [0.15, 0.2) is 0 Å². The van der Waals surface area contributed by atoms with E-state index in [1.807, 2.05) is 50.2 Å². The number of H-pyrrole nitrogens is 1. The lowest BCUT2D eigenvalue weighted by atomic mass is 10.1. The average Bonchev–Trinajstić information content (AvgIpc) is 3.07. The van der Waals surface area contributed by atoms with E-state index in [0.717, 1.165) is 33.3 Å². The fourth-order valence-electron chi connectivity index (χ4n) is 3.28. The Morgan fingerprint density at radius 3 is 2.59 bits per heavy atom. The van der Waals surface area contributed by atoms with Gasteiger partial charge in [-0.15, -0.1) is 0 Å². The van der Waals surface area contributed by atoms with Crippen LogP contribution in [0, 0.1) is 13.8 Å². The highest BCUT2D eigenvalue weighted by Crippen LogP contribution is 2.19. The number of para-hydroxylation sites is 1. The van der Waals surface area contributed by atoms with Crippen LogP contribution in [0.2, 0.25) is 0 Å². The van der Waals surface area contributed by atoms with Gasteiger partial charge in [-0.05, 0) is 48.7 Å². The summed E-state index contributed by atoms with van der Waals surface area (Å²) in [5.74, 6) is -0.343. The van der Waals surface area contributed by atoms with Gasteiger partial charge in [-0.25, -0.2) is 9.59 Å². The van der Waals surface area contributed by atoms with Crippen molar-refractivity contribution in [2.45, 2.75) is 26.3 Å². The predicted octanol–water partition coefficient (Wildman–Crippen LogP) is 3.16. The van der Waals surface area contributed by atoms with Gasteiger partial charge < -0.3 is 25.5 Å². The third-order valence-corrected chi connectivity index (χ3v) is 4.55. The van der Waals surface area contributed by atoms with Gasteiger partial charge in [0, 0.05) is 23.5 Å². The van der Waals surface area contributed by atoms with E-state index in [4.69, 9.17) is 4.74 Å². The number of hydrogen-bond donors (Lipinski definition) is 4. The van der Waals surface area contributed by atoms with E-state index in [0.29, 0.717) is 0 Å². The number of aromatic nitrogens is 1. The van der Waals surface area contributed by atoms with Gasteiger partial charge in [-0.2, -0.15) is 0 Å². The van der Waals surface area contributed by atoms with E-state index in [2.05, 4.69) is 21.7 Å². The highest BCUT2D eigenvalue weighted by molar-refractivity contribution is 5.86. The van der Waals surface area contributed by atoms with Crippen molar-refractivity contribution in [3.63, 3.8) is 0 Å². The largest absolute Gasteiger partial charge is 0.492 e. The standard InChI is InChI=1S/C22H25N3O4/c1-14-9-15(2)11-17(10-14)29-8-7-23-22(28)25-20(21(26)27)12-16-13-24-19-6-4-3-5-18(16)19/h3-6,9-11,13,20,24H,7-8,12H2,1-2H3,(H,26,27)(H2,23,25,28). The Morgan fingerprint density at radius 2 is 1.86 bits per heavy atom. The van der Waals surface area contributed by atoms with Crippen LogP contribution < -0.4 is 15.4 Å². The number of ether oxygens (including phenoxy) is 1. The molecule has 7 heteroatoms. The topological polar surface area (TPSA) is 103 Å². The summed E-state index contributed by atoms with van der Waals surface area (Å²) in [4.78, 5) is 26.8. The first-order valence-electron chi connectivity index (χ1n) is 9.45. The number of nitrogens with one attached hydrogen (secondary N) is 3. The number of urea groups is 1. The summed E-state index contributed by atoms with van der Waals surface area (Å²) in [6.45, 7) is 4.53. The quantitative estimate of drug-likeness (QED) is 0.440. The molecule has 3 aromatic rings. The molecule has 152 valence electrons. The first-order chi connectivity index (χ1) is 13.9. The smallest absolute Gasteiger partial charge is 0.326 e. The van der Waals surface area contributed by atoms with E-state index in [1.54, 1.807) is 6.20 Å². The summed E-state index contributed by atoms with van der Waals surface area (Å²) in [5.41, 5.74) is 3.98. The number of carboxylic acid groups (broad SMARTS) is 1. The normalized spacial score (nSPS) is 11.8. The molecule has 0 saturated heterocycles. The van der Waals surface area contributed by atoms with Crippen molar-refractivity contribution in [2.24, 2.45) is 0 Å². The van der Waals surface area contributed by atoms with Crippen molar-refractivity contribution in [1.29, 1.82) is 0 Å². The van der Waals surface area contributed by atoms with Gasteiger partial charge in [-0.3, -0.25) is 0 Å². The molecule has 1 heterocycles. The predicted molar refractivity (Wildman–Crippen MR) is 111 cm³/mol. The number of aliphatic carboxylic acids is 1. The number of aromatic amines is 1. The molecular weight excluding hydrogens is 370 g/mol. The van der Waals surface area contributed by atoms with Crippen LogP contribution in [0.3, 0.4) is 0 Å². The number of fused-ring (bicyclic) bond motifs is 1. The maximum Gasteiger partial charge on any atom is 0.326 e. The Balaban J connectivity index is 1.50. The second kappa shape index (κ2) is 9.14. The van der Waals surface area contributed by atoms with Crippen LogP contribution in [0.5, 0.6) is 5.75 Å². The Hall–Kier alpha value is -3.48. The van der Waals surface area contributed by atoms with Gasteiger partial charge in [0.2, 0.25) is 0 Å². The van der Waals surface area contributed by atoms with Crippen molar-refractivity contribution >= 4 is 22.9 Å². The van der Waals surface area contributed by atoms with Crippen molar-refractivity contribution < 1.29 is 19.4 Å². The lowest BCUT2D eigenvalue weighted by Gasteiger charge is -2.15. The van der Waals surface area contributed by atoms with E-state index in [-0.39, 0.29) is 19.6 Å². The molecule has 0 spiro atoms. The third-order valence-electron chi connectivity index (χ3n) is 4.55. The fraction of sp³-hybridized carbons (Fsp3) is 0.273. The first kappa shape index (κ1) is 20.3. The molecule has 4 N–H and O–H groups in total. The highest BCUT2D eigenvalue weighted by Gasteiger charge is 2.21. The highest BCUT2D eigenvalue weighted by atomic mass is 16.5. The molecule has 3 rings (SSSR count). The minimum atomic E-state index is -1.09. The van der Waals surface area contributed by atoms with Crippen LogP contribution in [0.1, 0.15) is 16.7 Å². The first-order valence-corrected chi connectivity index (χ1v) is 9.45. The van der Waals surface area contributed by atoms with Crippen LogP contribution in [0.15, 0.2) is 48.7 Å². The number of aryl methyl sites for hydroxylation is 2. The second-order valence-electron chi connectivity index (χ2n) is 7.03. The van der Waals surface area contributed by atoms with Crippen molar-refractivity contribution in [2.75, 3.05) is 13.2 Å². The van der Waals surface area contributed by atoms with Crippen LogP contribution >= 0.6 is 0 Å². The summed E-state index contributed by atoms with van der Waals surface area (Å²) in [6, 6.07) is 12.0. The molecule has 0 aliphatic rings. The maximum atomic E-state index is 12.1. The number of benzene rings is 2. The summed E-state index contributed by atoms with van der Waals surface area (Å²) in [7, 11) is 0. The van der Waals surface area contributed by atoms with E-state index in [1.165, 1.54) is 0 Å². The monoisotopic (exact) mass is 395 g/mol. The lowest BCUT2D eigenvalue weighted by molar-refractivity contribution is -0.139. The van der Waals surface area contributed by atoms with E-state index in [9.17, 15) is 14.7 Å². The molecule has 0 fully saturated rings.